The minimum Gasteiger partial charge on any atom is -0.504 e. The van der Waals surface area contributed by atoms with Gasteiger partial charge in [-0.1, -0.05) is 19.3 Å². The van der Waals surface area contributed by atoms with Gasteiger partial charge in [0.15, 0.2) is 11.6 Å². The summed E-state index contributed by atoms with van der Waals surface area (Å²) in [5, 5.41) is 12.3. The summed E-state index contributed by atoms with van der Waals surface area (Å²) in [4.78, 5) is 16.3. The monoisotopic (exact) mass is 249 g/mol. The highest BCUT2D eigenvalue weighted by Gasteiger charge is 2.35. The molecule has 0 saturated heterocycles. The number of anilines is 1. The van der Waals surface area contributed by atoms with Crippen molar-refractivity contribution in [3.8, 4) is 5.75 Å². The van der Waals surface area contributed by atoms with Gasteiger partial charge in [-0.2, -0.15) is 0 Å². The number of aryl methyl sites for hydroxylation is 1. The molecule has 98 valence electrons. The molecule has 0 radical (unpaired) electrons. The van der Waals surface area contributed by atoms with E-state index in [1.807, 2.05) is 0 Å². The SMILES string of the molecule is Cc1ccc(O)c(NC(=O)C2(N)CCCCC2)n1. The molecule has 1 aromatic rings. The second-order valence-corrected chi connectivity index (χ2v) is 4.99. The lowest BCUT2D eigenvalue weighted by Crippen LogP contribution is -2.52. The van der Waals surface area contributed by atoms with Crippen molar-refractivity contribution in [3.63, 3.8) is 0 Å². The van der Waals surface area contributed by atoms with E-state index in [0.717, 1.165) is 25.0 Å². The third-order valence-corrected chi connectivity index (χ3v) is 3.44. The van der Waals surface area contributed by atoms with Crippen molar-refractivity contribution >= 4 is 11.7 Å². The van der Waals surface area contributed by atoms with Gasteiger partial charge in [0, 0.05) is 5.69 Å². The van der Waals surface area contributed by atoms with Crippen molar-refractivity contribution in [2.75, 3.05) is 5.32 Å². The van der Waals surface area contributed by atoms with E-state index in [0.29, 0.717) is 12.8 Å². The minimum atomic E-state index is -0.823. The fraction of sp³-hybridized carbons (Fsp3) is 0.538. The van der Waals surface area contributed by atoms with E-state index in [4.69, 9.17) is 5.73 Å². The van der Waals surface area contributed by atoms with Crippen LogP contribution in [0.3, 0.4) is 0 Å². The average molecular weight is 249 g/mol. The van der Waals surface area contributed by atoms with Gasteiger partial charge < -0.3 is 16.2 Å². The van der Waals surface area contributed by atoms with E-state index in [1.54, 1.807) is 13.0 Å². The molecule has 1 fully saturated rings. The third kappa shape index (κ3) is 2.61. The highest BCUT2D eigenvalue weighted by atomic mass is 16.3. The molecule has 4 N–H and O–H groups in total. The number of hydrogen-bond donors (Lipinski definition) is 3. The molecule has 1 aliphatic rings. The van der Waals surface area contributed by atoms with E-state index < -0.39 is 5.54 Å². The third-order valence-electron chi connectivity index (χ3n) is 3.44. The van der Waals surface area contributed by atoms with Crippen molar-refractivity contribution in [1.82, 2.24) is 4.98 Å². The normalized spacial score (nSPS) is 18.3. The van der Waals surface area contributed by atoms with Gasteiger partial charge in [0.05, 0.1) is 5.54 Å². The summed E-state index contributed by atoms with van der Waals surface area (Å²) in [7, 11) is 0. The molecule has 0 bridgehead atoms. The zero-order chi connectivity index (χ0) is 13.2. The molecule has 2 rings (SSSR count). The maximum atomic E-state index is 12.2. The zero-order valence-electron chi connectivity index (χ0n) is 10.6. The molecule has 0 unspecified atom stereocenters. The summed E-state index contributed by atoms with van der Waals surface area (Å²) in [6.07, 6.45) is 4.44. The molecule has 1 aliphatic carbocycles. The maximum absolute atomic E-state index is 12.2. The van der Waals surface area contributed by atoms with Crippen LogP contribution in [0.4, 0.5) is 5.82 Å². The first-order chi connectivity index (χ1) is 8.51. The molecule has 5 nitrogen and oxygen atoms in total. The molecule has 0 atom stereocenters. The standard InChI is InChI=1S/C13H19N3O2/c1-9-5-6-10(17)11(15-9)16-12(18)13(14)7-3-2-4-8-13/h5-6,17H,2-4,7-8,14H2,1H3,(H,15,16,18). The first-order valence-electron chi connectivity index (χ1n) is 6.28. The summed E-state index contributed by atoms with van der Waals surface area (Å²) >= 11 is 0. The lowest BCUT2D eigenvalue weighted by Gasteiger charge is -2.31. The van der Waals surface area contributed by atoms with E-state index in [2.05, 4.69) is 10.3 Å². The number of aromatic nitrogens is 1. The van der Waals surface area contributed by atoms with E-state index in [1.165, 1.54) is 6.07 Å². The predicted octanol–water partition coefficient (Wildman–Crippen LogP) is 1.70. The number of carbonyl (C=O) groups excluding carboxylic acids is 1. The number of pyridine rings is 1. The zero-order valence-corrected chi connectivity index (χ0v) is 10.6. The van der Waals surface area contributed by atoms with Crippen molar-refractivity contribution in [2.45, 2.75) is 44.6 Å². The van der Waals surface area contributed by atoms with Gasteiger partial charge in [0.25, 0.3) is 0 Å². The van der Waals surface area contributed by atoms with Crippen LogP contribution in [0, 0.1) is 6.92 Å². The number of nitrogens with zero attached hydrogens (tertiary/aromatic N) is 1. The fourth-order valence-corrected chi connectivity index (χ4v) is 2.28. The summed E-state index contributed by atoms with van der Waals surface area (Å²) in [5.74, 6) is -0.0978. The highest BCUT2D eigenvalue weighted by Crippen LogP contribution is 2.28. The van der Waals surface area contributed by atoms with Crippen LogP contribution in [0.1, 0.15) is 37.8 Å². The lowest BCUT2D eigenvalue weighted by atomic mass is 9.82. The summed E-state index contributed by atoms with van der Waals surface area (Å²) in [6, 6.07) is 3.20. The Bertz CT molecular complexity index is 454. The molecule has 0 spiro atoms. The highest BCUT2D eigenvalue weighted by molar-refractivity contribution is 5.98. The molecule has 1 heterocycles. The minimum absolute atomic E-state index is 0.0339. The lowest BCUT2D eigenvalue weighted by molar-refractivity contribution is -0.122. The Kier molecular flexibility index (Phi) is 3.52. The Morgan fingerprint density at radius 3 is 2.72 bits per heavy atom. The molecule has 1 saturated carbocycles. The fourth-order valence-electron chi connectivity index (χ4n) is 2.28. The maximum Gasteiger partial charge on any atom is 0.245 e. The van der Waals surface area contributed by atoms with Gasteiger partial charge >= 0.3 is 0 Å². The van der Waals surface area contributed by atoms with Gasteiger partial charge in [0.1, 0.15) is 0 Å². The summed E-state index contributed by atoms with van der Waals surface area (Å²) in [5.41, 5.74) is 6.03. The van der Waals surface area contributed by atoms with Crippen molar-refractivity contribution in [3.05, 3.63) is 17.8 Å². The quantitative estimate of drug-likeness (QED) is 0.744. The molecule has 0 aliphatic heterocycles. The predicted molar refractivity (Wildman–Crippen MR) is 69.3 cm³/mol. The molecular formula is C13H19N3O2. The van der Waals surface area contributed by atoms with Crippen LogP contribution in [0.2, 0.25) is 0 Å². The Labute approximate surface area is 106 Å². The van der Waals surface area contributed by atoms with Crippen LogP contribution in [-0.2, 0) is 4.79 Å². The van der Waals surface area contributed by atoms with Gasteiger partial charge in [-0.15, -0.1) is 0 Å². The van der Waals surface area contributed by atoms with Gasteiger partial charge in [-0.25, -0.2) is 4.98 Å². The van der Waals surface area contributed by atoms with Gasteiger partial charge in [-0.3, -0.25) is 4.79 Å². The molecule has 18 heavy (non-hydrogen) atoms. The van der Waals surface area contributed by atoms with Gasteiger partial charge in [-0.05, 0) is 31.9 Å². The second kappa shape index (κ2) is 4.94. The van der Waals surface area contributed by atoms with E-state index in [9.17, 15) is 9.90 Å². The molecule has 1 aromatic heterocycles. The molecule has 5 heteroatoms. The smallest absolute Gasteiger partial charge is 0.245 e. The van der Waals surface area contributed by atoms with Crippen LogP contribution in [0.15, 0.2) is 12.1 Å². The Hall–Kier alpha value is -1.62. The molecule has 1 amide bonds. The van der Waals surface area contributed by atoms with Crippen molar-refractivity contribution in [2.24, 2.45) is 5.73 Å². The Morgan fingerprint density at radius 1 is 1.39 bits per heavy atom. The van der Waals surface area contributed by atoms with Crippen molar-refractivity contribution in [1.29, 1.82) is 0 Å². The van der Waals surface area contributed by atoms with Gasteiger partial charge in [0.2, 0.25) is 5.91 Å². The second-order valence-electron chi connectivity index (χ2n) is 4.99. The van der Waals surface area contributed by atoms with Crippen LogP contribution in [0.5, 0.6) is 5.75 Å². The summed E-state index contributed by atoms with van der Waals surface area (Å²) < 4.78 is 0. The Balaban J connectivity index is 2.13. The van der Waals surface area contributed by atoms with Crippen molar-refractivity contribution < 1.29 is 9.90 Å². The summed E-state index contributed by atoms with van der Waals surface area (Å²) in [6.45, 7) is 1.80. The number of nitrogens with two attached hydrogens (primary N) is 1. The van der Waals surface area contributed by atoms with Crippen LogP contribution < -0.4 is 11.1 Å². The topological polar surface area (TPSA) is 88.2 Å². The van der Waals surface area contributed by atoms with Crippen LogP contribution >= 0.6 is 0 Å². The number of amides is 1. The van der Waals surface area contributed by atoms with E-state index >= 15 is 0 Å². The molecule has 0 aromatic carbocycles. The number of aromatic hydroxyl groups is 1. The number of nitrogens with one attached hydrogen (secondary N) is 1. The van der Waals surface area contributed by atoms with Crippen LogP contribution in [0.25, 0.3) is 0 Å². The molecular weight excluding hydrogens is 230 g/mol. The first-order valence-corrected chi connectivity index (χ1v) is 6.28. The van der Waals surface area contributed by atoms with E-state index in [-0.39, 0.29) is 17.5 Å². The number of carbonyl (C=O) groups is 1. The Morgan fingerprint density at radius 2 is 2.06 bits per heavy atom. The average Bonchev–Trinajstić information content (AvgIpc) is 2.35. The largest absolute Gasteiger partial charge is 0.504 e. The first kappa shape index (κ1) is 12.8. The number of hydrogen-bond acceptors (Lipinski definition) is 4. The number of rotatable bonds is 2. The van der Waals surface area contributed by atoms with Crippen LogP contribution in [-0.4, -0.2) is 21.5 Å².